The number of carbonyl (C=O) groups is 2. The normalized spacial score (nSPS) is 10.5. The van der Waals surface area contributed by atoms with Crippen molar-refractivity contribution in [3.05, 3.63) is 16.0 Å². The molecule has 1 rings (SSSR count). The van der Waals surface area contributed by atoms with Crippen LogP contribution in [0.4, 0.5) is 5.00 Å². The first-order valence-electron chi connectivity index (χ1n) is 6.33. The van der Waals surface area contributed by atoms with Crippen LogP contribution in [0.2, 0.25) is 0 Å². The van der Waals surface area contributed by atoms with Gasteiger partial charge in [0.25, 0.3) is 0 Å². The summed E-state index contributed by atoms with van der Waals surface area (Å²) < 4.78 is 5.13. The van der Waals surface area contributed by atoms with E-state index in [-0.39, 0.29) is 17.9 Å². The number of nitrogens with one attached hydrogen (secondary N) is 1. The zero-order chi connectivity index (χ0) is 15.4. The molecule has 0 aliphatic rings. The molecule has 5 nitrogen and oxygen atoms in total. The average Bonchev–Trinajstić information content (AvgIpc) is 2.64. The summed E-state index contributed by atoms with van der Waals surface area (Å²) in [5.41, 5.74) is 0.863. The fourth-order valence-corrected chi connectivity index (χ4v) is 2.50. The molecule has 1 aromatic heterocycles. The Morgan fingerprint density at radius 3 is 2.35 bits per heavy atom. The molecule has 1 aromatic rings. The van der Waals surface area contributed by atoms with E-state index in [1.165, 1.54) is 0 Å². The highest BCUT2D eigenvalue weighted by molar-refractivity contribution is 7.18. The summed E-state index contributed by atoms with van der Waals surface area (Å²) in [6, 6.07) is 2.02. The lowest BCUT2D eigenvalue weighted by Crippen LogP contribution is -2.17. The Morgan fingerprint density at radius 2 is 1.90 bits per heavy atom. The third-order valence-corrected chi connectivity index (χ3v) is 3.74. The van der Waals surface area contributed by atoms with E-state index < -0.39 is 5.97 Å². The van der Waals surface area contributed by atoms with Gasteiger partial charge < -0.3 is 10.1 Å². The van der Waals surface area contributed by atoms with Gasteiger partial charge in [-0.15, -0.1) is 11.3 Å². The second-order valence-electron chi connectivity index (χ2n) is 4.97. The van der Waals surface area contributed by atoms with Gasteiger partial charge in [-0.05, 0) is 26.3 Å². The maximum atomic E-state index is 11.9. The van der Waals surface area contributed by atoms with Crippen molar-refractivity contribution in [1.29, 1.82) is 5.26 Å². The second kappa shape index (κ2) is 6.53. The third-order valence-electron chi connectivity index (χ3n) is 2.55. The van der Waals surface area contributed by atoms with Crippen molar-refractivity contribution in [2.24, 2.45) is 5.92 Å². The van der Waals surface area contributed by atoms with Gasteiger partial charge >= 0.3 is 5.97 Å². The first kappa shape index (κ1) is 16.2. The fourth-order valence-electron chi connectivity index (χ4n) is 1.45. The molecule has 0 aliphatic heterocycles. The minimum Gasteiger partial charge on any atom is -0.459 e. The highest BCUT2D eigenvalue weighted by Gasteiger charge is 2.23. The van der Waals surface area contributed by atoms with Crippen LogP contribution in [0.25, 0.3) is 0 Å². The van der Waals surface area contributed by atoms with Crippen LogP contribution < -0.4 is 5.32 Å². The molecule has 0 aliphatic carbocycles. The molecular weight excluding hydrogens is 276 g/mol. The number of anilines is 1. The molecule has 0 atom stereocenters. The first-order valence-corrected chi connectivity index (χ1v) is 7.14. The Bertz CT molecular complexity index is 568. The summed E-state index contributed by atoms with van der Waals surface area (Å²) in [7, 11) is 0. The summed E-state index contributed by atoms with van der Waals surface area (Å²) in [4.78, 5) is 24.0. The zero-order valence-corrected chi connectivity index (χ0v) is 13.1. The fraction of sp³-hybridized carbons (Fsp3) is 0.500. The predicted molar refractivity (Wildman–Crippen MR) is 77.8 cm³/mol. The molecule has 0 unspecified atom stereocenters. The highest BCUT2D eigenvalue weighted by Crippen LogP contribution is 2.33. The van der Waals surface area contributed by atoms with Gasteiger partial charge in [-0.25, -0.2) is 4.79 Å². The van der Waals surface area contributed by atoms with Crippen LogP contribution in [0.5, 0.6) is 0 Å². The van der Waals surface area contributed by atoms with Gasteiger partial charge in [-0.3, -0.25) is 4.79 Å². The number of rotatable bonds is 4. The van der Waals surface area contributed by atoms with E-state index in [0.717, 1.165) is 11.3 Å². The number of carbonyl (C=O) groups excluding carboxylic acids is 2. The molecule has 1 amide bonds. The van der Waals surface area contributed by atoms with E-state index in [9.17, 15) is 14.9 Å². The lowest BCUT2D eigenvalue weighted by atomic mass is 10.1. The van der Waals surface area contributed by atoms with Gasteiger partial charge in [0.15, 0.2) is 0 Å². The minimum atomic E-state index is -0.468. The number of nitriles is 1. The Kier molecular flexibility index (Phi) is 5.28. The summed E-state index contributed by atoms with van der Waals surface area (Å²) in [6.45, 7) is 8.71. The number of thiophene rings is 1. The molecule has 0 fully saturated rings. The second-order valence-corrected chi connectivity index (χ2v) is 5.99. The lowest BCUT2D eigenvalue weighted by molar-refractivity contribution is -0.118. The maximum absolute atomic E-state index is 11.9. The molecule has 1 heterocycles. The summed E-state index contributed by atoms with van der Waals surface area (Å²) >= 11 is 1.08. The largest absolute Gasteiger partial charge is 0.459 e. The maximum Gasteiger partial charge on any atom is 0.348 e. The van der Waals surface area contributed by atoms with Crippen molar-refractivity contribution < 1.29 is 14.3 Å². The lowest BCUT2D eigenvalue weighted by Gasteiger charge is -2.06. The molecule has 0 saturated carbocycles. The van der Waals surface area contributed by atoms with Crippen LogP contribution in [0, 0.1) is 24.2 Å². The van der Waals surface area contributed by atoms with Crippen molar-refractivity contribution in [2.45, 2.75) is 40.7 Å². The standard InChI is InChI=1S/C14H18N2O3S/c1-7(2)12(17)16-13-10(6-15)9(5)11(20-13)14(18)19-8(3)4/h7-8H,1-5H3,(H,16,17). The molecular formula is C14H18N2O3S. The van der Waals surface area contributed by atoms with Gasteiger partial charge in [0.2, 0.25) is 5.91 Å². The van der Waals surface area contributed by atoms with E-state index in [0.29, 0.717) is 21.0 Å². The molecule has 6 heteroatoms. The zero-order valence-electron chi connectivity index (χ0n) is 12.2. The predicted octanol–water partition coefficient (Wildman–Crippen LogP) is 3.09. The topological polar surface area (TPSA) is 79.2 Å². The van der Waals surface area contributed by atoms with Crippen LogP contribution in [-0.4, -0.2) is 18.0 Å². The van der Waals surface area contributed by atoms with E-state index in [1.54, 1.807) is 34.6 Å². The molecule has 1 N–H and O–H groups in total. The first-order chi connectivity index (χ1) is 9.27. The van der Waals surface area contributed by atoms with E-state index in [1.807, 2.05) is 6.07 Å². The van der Waals surface area contributed by atoms with Crippen LogP contribution in [0.1, 0.15) is 48.5 Å². The van der Waals surface area contributed by atoms with Gasteiger partial charge in [0.05, 0.1) is 11.7 Å². The van der Waals surface area contributed by atoms with Crippen LogP contribution in [0.15, 0.2) is 0 Å². The SMILES string of the molecule is Cc1c(C(=O)OC(C)C)sc(NC(=O)C(C)C)c1C#N. The number of nitrogens with zero attached hydrogens (tertiary/aromatic N) is 1. The number of esters is 1. The van der Waals surface area contributed by atoms with Gasteiger partial charge in [-0.1, -0.05) is 13.8 Å². The van der Waals surface area contributed by atoms with Crippen molar-refractivity contribution in [2.75, 3.05) is 5.32 Å². The van der Waals surface area contributed by atoms with Crippen LogP contribution in [0.3, 0.4) is 0 Å². The van der Waals surface area contributed by atoms with Crippen molar-refractivity contribution in [1.82, 2.24) is 0 Å². The van der Waals surface area contributed by atoms with Crippen LogP contribution in [-0.2, 0) is 9.53 Å². The average molecular weight is 294 g/mol. The van der Waals surface area contributed by atoms with E-state index in [4.69, 9.17) is 4.74 Å². The number of hydrogen-bond acceptors (Lipinski definition) is 5. The Morgan fingerprint density at radius 1 is 1.30 bits per heavy atom. The van der Waals surface area contributed by atoms with Gasteiger partial charge in [0.1, 0.15) is 15.9 Å². The smallest absolute Gasteiger partial charge is 0.348 e. The Hall–Kier alpha value is -1.87. The summed E-state index contributed by atoms with van der Waals surface area (Å²) in [5.74, 6) is -0.856. The summed E-state index contributed by atoms with van der Waals surface area (Å²) in [5, 5.41) is 12.3. The number of amides is 1. The van der Waals surface area contributed by atoms with Crippen molar-refractivity contribution in [3.8, 4) is 6.07 Å². The van der Waals surface area contributed by atoms with Crippen molar-refractivity contribution >= 4 is 28.2 Å². The number of ether oxygens (including phenoxy) is 1. The van der Waals surface area contributed by atoms with Crippen molar-refractivity contribution in [3.63, 3.8) is 0 Å². The third kappa shape index (κ3) is 3.58. The molecule has 20 heavy (non-hydrogen) atoms. The van der Waals surface area contributed by atoms with Crippen LogP contribution >= 0.6 is 11.3 Å². The molecule has 0 spiro atoms. The Labute approximate surface area is 122 Å². The quantitative estimate of drug-likeness (QED) is 0.865. The van der Waals surface area contributed by atoms with E-state index >= 15 is 0 Å². The number of hydrogen-bond donors (Lipinski definition) is 1. The molecule has 0 aromatic carbocycles. The Balaban J connectivity index is 3.13. The molecule has 0 radical (unpaired) electrons. The molecule has 0 bridgehead atoms. The molecule has 0 saturated heterocycles. The minimum absolute atomic E-state index is 0.188. The van der Waals surface area contributed by atoms with E-state index in [2.05, 4.69) is 5.32 Å². The van der Waals surface area contributed by atoms with Gasteiger partial charge in [0, 0.05) is 5.92 Å². The van der Waals surface area contributed by atoms with Gasteiger partial charge in [-0.2, -0.15) is 5.26 Å². The highest BCUT2D eigenvalue weighted by atomic mass is 32.1. The monoisotopic (exact) mass is 294 g/mol. The summed E-state index contributed by atoms with van der Waals surface area (Å²) in [6.07, 6.45) is -0.233. The molecule has 108 valence electrons.